The number of nitrogens with one attached hydrogen (secondary N) is 1. The predicted molar refractivity (Wildman–Crippen MR) is 59.0 cm³/mol. The number of anilines is 1. The minimum atomic E-state index is 0.0191. The Morgan fingerprint density at radius 3 is 3.19 bits per heavy atom. The van der Waals surface area contributed by atoms with Crippen molar-refractivity contribution in [2.24, 2.45) is 0 Å². The first-order valence-electron chi connectivity index (χ1n) is 5.53. The molecule has 0 unspecified atom stereocenters. The van der Waals surface area contributed by atoms with E-state index < -0.39 is 0 Å². The fourth-order valence-corrected chi connectivity index (χ4v) is 2.08. The van der Waals surface area contributed by atoms with Crippen LogP contribution in [0, 0.1) is 0 Å². The quantitative estimate of drug-likeness (QED) is 0.782. The zero-order valence-corrected chi connectivity index (χ0v) is 9.08. The molecule has 2 aliphatic heterocycles. The Morgan fingerprint density at radius 1 is 1.50 bits per heavy atom. The number of fused-ring (bicyclic) bond motifs is 3. The van der Waals surface area contributed by atoms with Gasteiger partial charge in [-0.25, -0.2) is 0 Å². The lowest BCUT2D eigenvalue weighted by molar-refractivity contribution is -0.115. The summed E-state index contributed by atoms with van der Waals surface area (Å²) in [5.74, 6) is 1.51. The fourth-order valence-electron chi connectivity index (χ4n) is 2.08. The first-order chi connectivity index (χ1) is 7.78. The van der Waals surface area contributed by atoms with Crippen LogP contribution in [0.15, 0.2) is 12.1 Å². The summed E-state index contributed by atoms with van der Waals surface area (Å²) in [6, 6.07) is 3.72. The van der Waals surface area contributed by atoms with Gasteiger partial charge in [0.2, 0.25) is 5.91 Å². The van der Waals surface area contributed by atoms with Crippen LogP contribution in [0.3, 0.4) is 0 Å². The second-order valence-corrected chi connectivity index (χ2v) is 4.10. The van der Waals surface area contributed by atoms with Crippen molar-refractivity contribution < 1.29 is 14.3 Å². The molecule has 1 atom stereocenters. The molecule has 2 heterocycles. The van der Waals surface area contributed by atoms with Gasteiger partial charge in [-0.2, -0.15) is 0 Å². The highest BCUT2D eigenvalue weighted by Gasteiger charge is 2.29. The zero-order chi connectivity index (χ0) is 11.1. The summed E-state index contributed by atoms with van der Waals surface area (Å²) in [7, 11) is 0. The Bertz CT molecular complexity index is 456. The van der Waals surface area contributed by atoms with Crippen molar-refractivity contribution >= 4 is 11.6 Å². The van der Waals surface area contributed by atoms with Gasteiger partial charge in [0.1, 0.15) is 12.7 Å². The van der Waals surface area contributed by atoms with Crippen LogP contribution in [-0.2, 0) is 11.2 Å². The van der Waals surface area contributed by atoms with E-state index in [0.717, 1.165) is 29.2 Å². The van der Waals surface area contributed by atoms with Crippen LogP contribution in [0.4, 0.5) is 5.69 Å². The number of hydrogen-bond acceptors (Lipinski definition) is 3. The van der Waals surface area contributed by atoms with Crippen molar-refractivity contribution in [2.45, 2.75) is 25.9 Å². The molecule has 1 aromatic carbocycles. The molecule has 0 bridgehead atoms. The minimum absolute atomic E-state index is 0.0191. The third kappa shape index (κ3) is 1.33. The van der Waals surface area contributed by atoms with E-state index in [4.69, 9.17) is 9.47 Å². The van der Waals surface area contributed by atoms with Gasteiger partial charge in [-0.3, -0.25) is 4.79 Å². The molecule has 4 nitrogen and oxygen atoms in total. The fraction of sp³-hybridized carbons (Fsp3) is 0.417. The molecule has 0 aromatic heterocycles. The molecule has 0 spiro atoms. The van der Waals surface area contributed by atoms with Crippen molar-refractivity contribution in [3.63, 3.8) is 0 Å². The molecule has 0 saturated heterocycles. The van der Waals surface area contributed by atoms with E-state index in [2.05, 4.69) is 12.2 Å². The average molecular weight is 219 g/mol. The smallest absolute Gasteiger partial charge is 0.229 e. The van der Waals surface area contributed by atoms with Crippen molar-refractivity contribution in [1.29, 1.82) is 0 Å². The van der Waals surface area contributed by atoms with Gasteiger partial charge in [0, 0.05) is 11.3 Å². The maximum absolute atomic E-state index is 11.3. The molecular formula is C12H13NO3. The predicted octanol–water partition coefficient (Wildman–Crippen LogP) is 1.73. The topological polar surface area (TPSA) is 47.6 Å². The molecule has 0 saturated carbocycles. The molecule has 4 heteroatoms. The van der Waals surface area contributed by atoms with Crippen LogP contribution >= 0.6 is 0 Å². The van der Waals surface area contributed by atoms with Gasteiger partial charge >= 0.3 is 0 Å². The lowest BCUT2D eigenvalue weighted by Gasteiger charge is -2.27. The van der Waals surface area contributed by atoms with E-state index >= 15 is 0 Å². The van der Waals surface area contributed by atoms with Gasteiger partial charge < -0.3 is 14.8 Å². The van der Waals surface area contributed by atoms with E-state index in [1.807, 2.05) is 12.1 Å². The molecule has 84 valence electrons. The Balaban J connectivity index is 2.04. The zero-order valence-electron chi connectivity index (χ0n) is 9.08. The summed E-state index contributed by atoms with van der Waals surface area (Å²) < 4.78 is 11.5. The van der Waals surface area contributed by atoms with Crippen LogP contribution in [0.5, 0.6) is 11.5 Å². The monoisotopic (exact) mass is 219 g/mol. The van der Waals surface area contributed by atoms with E-state index in [0.29, 0.717) is 13.0 Å². The average Bonchev–Trinajstić information content (AvgIpc) is 2.69. The number of rotatable bonds is 1. The van der Waals surface area contributed by atoms with E-state index in [1.165, 1.54) is 0 Å². The standard InChI is InChI=1S/C12H13NO3/c1-2-7-6-15-10-4-3-9-8(12(10)16-7)5-11(14)13-9/h3-4,7H,2,5-6H2,1H3,(H,13,14)/t7-/m0/s1. The molecule has 1 amide bonds. The maximum Gasteiger partial charge on any atom is 0.229 e. The third-order valence-electron chi connectivity index (χ3n) is 3.00. The number of carbonyl (C=O) groups excluding carboxylic acids is 1. The summed E-state index contributed by atoms with van der Waals surface area (Å²) >= 11 is 0. The van der Waals surface area contributed by atoms with Crippen molar-refractivity contribution in [1.82, 2.24) is 0 Å². The lowest BCUT2D eigenvalue weighted by atomic mass is 10.1. The summed E-state index contributed by atoms with van der Waals surface area (Å²) in [5.41, 5.74) is 1.78. The number of ether oxygens (including phenoxy) is 2. The number of amides is 1. The number of benzene rings is 1. The van der Waals surface area contributed by atoms with Gasteiger partial charge in [-0.05, 0) is 18.6 Å². The third-order valence-corrected chi connectivity index (χ3v) is 3.00. The molecule has 0 fully saturated rings. The maximum atomic E-state index is 11.3. The van der Waals surface area contributed by atoms with E-state index in [-0.39, 0.29) is 12.0 Å². The highest BCUT2D eigenvalue weighted by Crippen LogP contribution is 2.42. The summed E-state index contributed by atoms with van der Waals surface area (Å²) in [4.78, 5) is 11.3. The summed E-state index contributed by atoms with van der Waals surface area (Å²) in [6.45, 7) is 2.65. The first kappa shape index (κ1) is 9.51. The van der Waals surface area contributed by atoms with E-state index in [9.17, 15) is 4.79 Å². The normalized spacial score (nSPS) is 21.6. The Labute approximate surface area is 93.5 Å². The van der Waals surface area contributed by atoms with Gasteiger partial charge in [0.25, 0.3) is 0 Å². The molecule has 0 aliphatic carbocycles. The molecular weight excluding hydrogens is 206 g/mol. The largest absolute Gasteiger partial charge is 0.486 e. The summed E-state index contributed by atoms with van der Waals surface area (Å²) in [5, 5.41) is 2.81. The van der Waals surface area contributed by atoms with Gasteiger partial charge in [-0.15, -0.1) is 0 Å². The second-order valence-electron chi connectivity index (χ2n) is 4.10. The highest BCUT2D eigenvalue weighted by molar-refractivity contribution is 6.00. The minimum Gasteiger partial charge on any atom is -0.486 e. The van der Waals surface area contributed by atoms with Gasteiger partial charge in [0.05, 0.1) is 6.42 Å². The molecule has 2 aliphatic rings. The first-order valence-corrected chi connectivity index (χ1v) is 5.53. The Morgan fingerprint density at radius 2 is 2.38 bits per heavy atom. The molecule has 3 rings (SSSR count). The summed E-state index contributed by atoms with van der Waals surface area (Å²) in [6.07, 6.45) is 1.39. The SMILES string of the molecule is CC[C@H]1COc2ccc3c(c2O1)CC(=O)N3. The van der Waals surface area contributed by atoms with Crippen LogP contribution in [-0.4, -0.2) is 18.6 Å². The second kappa shape index (κ2) is 3.40. The lowest BCUT2D eigenvalue weighted by Crippen LogP contribution is -2.28. The van der Waals surface area contributed by atoms with Crippen molar-refractivity contribution in [3.05, 3.63) is 17.7 Å². The van der Waals surface area contributed by atoms with Gasteiger partial charge in [0.15, 0.2) is 11.5 Å². The van der Waals surface area contributed by atoms with E-state index in [1.54, 1.807) is 0 Å². The van der Waals surface area contributed by atoms with Crippen molar-refractivity contribution in [3.8, 4) is 11.5 Å². The molecule has 16 heavy (non-hydrogen) atoms. The Hall–Kier alpha value is -1.71. The van der Waals surface area contributed by atoms with Crippen LogP contribution in [0.1, 0.15) is 18.9 Å². The van der Waals surface area contributed by atoms with Crippen molar-refractivity contribution in [2.75, 3.05) is 11.9 Å². The van der Waals surface area contributed by atoms with Crippen LogP contribution in [0.2, 0.25) is 0 Å². The van der Waals surface area contributed by atoms with Gasteiger partial charge in [-0.1, -0.05) is 6.92 Å². The molecule has 0 radical (unpaired) electrons. The molecule has 1 N–H and O–H groups in total. The highest BCUT2D eigenvalue weighted by atomic mass is 16.6. The number of carbonyl (C=O) groups is 1. The Kier molecular flexibility index (Phi) is 2.02. The number of hydrogen-bond donors (Lipinski definition) is 1. The van der Waals surface area contributed by atoms with Crippen LogP contribution in [0.25, 0.3) is 0 Å². The molecule has 1 aromatic rings. The van der Waals surface area contributed by atoms with Crippen LogP contribution < -0.4 is 14.8 Å².